The van der Waals surface area contributed by atoms with Gasteiger partial charge in [-0.15, -0.1) is 0 Å². The molecule has 0 saturated carbocycles. The Morgan fingerprint density at radius 2 is 2.00 bits per heavy atom. The molecular formula is C11H10ClF2N3O2S. The minimum Gasteiger partial charge on any atom is -0.324 e. The monoisotopic (exact) mass is 321 g/mol. The maximum Gasteiger partial charge on any atom is 0.282 e. The molecule has 0 fully saturated rings. The van der Waals surface area contributed by atoms with Crippen molar-refractivity contribution in [1.29, 1.82) is 0 Å². The topological polar surface area (TPSA) is 64.0 Å². The summed E-state index contributed by atoms with van der Waals surface area (Å²) in [7, 11) is -2.79. The van der Waals surface area contributed by atoms with Crippen LogP contribution in [0.3, 0.4) is 0 Å². The van der Waals surface area contributed by atoms with E-state index in [0.717, 1.165) is 6.07 Å². The van der Waals surface area contributed by atoms with Crippen LogP contribution in [0.2, 0.25) is 5.15 Å². The Kier molecular flexibility index (Phi) is 3.70. The van der Waals surface area contributed by atoms with Crippen LogP contribution < -0.4 is 4.72 Å². The number of aryl methyl sites for hydroxylation is 2. The first-order valence-electron chi connectivity index (χ1n) is 5.38. The van der Waals surface area contributed by atoms with Gasteiger partial charge < -0.3 is 4.57 Å². The Bertz CT molecular complexity index is 774. The summed E-state index contributed by atoms with van der Waals surface area (Å²) < 4.78 is 54.5. The highest BCUT2D eigenvalue weighted by molar-refractivity contribution is 7.92. The molecular weight excluding hydrogens is 312 g/mol. The molecule has 1 N–H and O–H groups in total. The van der Waals surface area contributed by atoms with E-state index in [4.69, 9.17) is 11.6 Å². The predicted molar refractivity (Wildman–Crippen MR) is 70.1 cm³/mol. The van der Waals surface area contributed by atoms with E-state index in [1.807, 2.05) is 4.72 Å². The Morgan fingerprint density at radius 1 is 1.35 bits per heavy atom. The predicted octanol–water partition coefficient (Wildman–Crippen LogP) is 2.46. The number of sulfonamides is 1. The molecule has 0 aliphatic carbocycles. The van der Waals surface area contributed by atoms with E-state index in [9.17, 15) is 17.2 Å². The second-order valence-electron chi connectivity index (χ2n) is 4.11. The van der Waals surface area contributed by atoms with E-state index in [2.05, 4.69) is 4.98 Å². The van der Waals surface area contributed by atoms with E-state index in [-0.39, 0.29) is 10.7 Å². The van der Waals surface area contributed by atoms with Gasteiger partial charge in [0.2, 0.25) is 5.03 Å². The third-order valence-corrected chi connectivity index (χ3v) is 4.45. The normalized spacial score (nSPS) is 11.7. The van der Waals surface area contributed by atoms with Gasteiger partial charge in [-0.1, -0.05) is 17.7 Å². The van der Waals surface area contributed by atoms with Crippen molar-refractivity contribution in [2.24, 2.45) is 7.05 Å². The zero-order valence-corrected chi connectivity index (χ0v) is 12.1. The molecule has 5 nitrogen and oxygen atoms in total. The average Bonchev–Trinajstić information content (AvgIpc) is 2.71. The van der Waals surface area contributed by atoms with Gasteiger partial charge in [0, 0.05) is 7.05 Å². The molecule has 9 heteroatoms. The van der Waals surface area contributed by atoms with Crippen LogP contribution in [0, 0.1) is 18.6 Å². The van der Waals surface area contributed by atoms with E-state index in [1.165, 1.54) is 30.9 Å². The van der Waals surface area contributed by atoms with Crippen molar-refractivity contribution in [2.45, 2.75) is 11.9 Å². The Balaban J connectivity index is 2.49. The van der Waals surface area contributed by atoms with Gasteiger partial charge in [0.25, 0.3) is 10.0 Å². The van der Waals surface area contributed by atoms with Crippen LogP contribution in [-0.4, -0.2) is 18.0 Å². The first kappa shape index (κ1) is 14.7. The van der Waals surface area contributed by atoms with Gasteiger partial charge in [0.15, 0.2) is 5.82 Å². The van der Waals surface area contributed by atoms with Crippen LogP contribution in [0.4, 0.5) is 14.5 Å². The van der Waals surface area contributed by atoms with E-state index in [0.29, 0.717) is 0 Å². The summed E-state index contributed by atoms with van der Waals surface area (Å²) in [5.74, 6) is -2.01. The zero-order chi connectivity index (χ0) is 15.1. The standard InChI is InChI=1S/C11H10ClF2N3O2S/c1-6-3-4-7(13)9(8(6)14)16-20(18,19)11-10(12)17(2)5-15-11/h3-5,16H,1-2H3. The first-order chi connectivity index (χ1) is 9.24. The molecule has 0 radical (unpaired) electrons. The third kappa shape index (κ3) is 2.48. The van der Waals surface area contributed by atoms with Crippen LogP contribution in [0.1, 0.15) is 5.56 Å². The zero-order valence-electron chi connectivity index (χ0n) is 10.5. The molecule has 1 aromatic carbocycles. The number of rotatable bonds is 3. The number of hydrogen-bond donors (Lipinski definition) is 1. The summed E-state index contributed by atoms with van der Waals surface area (Å²) in [4.78, 5) is 3.60. The quantitative estimate of drug-likeness (QED) is 0.944. The number of halogens is 3. The molecule has 20 heavy (non-hydrogen) atoms. The number of anilines is 1. The fourth-order valence-corrected chi connectivity index (χ4v) is 3.01. The minimum atomic E-state index is -4.28. The van der Waals surface area contributed by atoms with Crippen molar-refractivity contribution < 1.29 is 17.2 Å². The number of hydrogen-bond acceptors (Lipinski definition) is 3. The molecule has 0 spiro atoms. The number of benzene rings is 1. The highest BCUT2D eigenvalue weighted by Gasteiger charge is 2.25. The lowest BCUT2D eigenvalue weighted by Crippen LogP contribution is -2.16. The summed E-state index contributed by atoms with van der Waals surface area (Å²) in [6.45, 7) is 1.39. The lowest BCUT2D eigenvalue weighted by Gasteiger charge is -2.10. The number of aromatic nitrogens is 2. The Morgan fingerprint density at radius 3 is 2.55 bits per heavy atom. The van der Waals surface area contributed by atoms with E-state index >= 15 is 0 Å². The van der Waals surface area contributed by atoms with Crippen LogP contribution in [0.25, 0.3) is 0 Å². The van der Waals surface area contributed by atoms with Crippen molar-refractivity contribution in [3.63, 3.8) is 0 Å². The molecule has 0 amide bonds. The van der Waals surface area contributed by atoms with Gasteiger partial charge in [-0.2, -0.15) is 8.42 Å². The van der Waals surface area contributed by atoms with Crippen molar-refractivity contribution in [1.82, 2.24) is 9.55 Å². The molecule has 0 aliphatic rings. The molecule has 0 aliphatic heterocycles. The largest absolute Gasteiger partial charge is 0.324 e. The minimum absolute atomic E-state index is 0.108. The highest BCUT2D eigenvalue weighted by Crippen LogP contribution is 2.26. The molecule has 2 aromatic rings. The first-order valence-corrected chi connectivity index (χ1v) is 7.24. The summed E-state index contributed by atoms with van der Waals surface area (Å²) >= 11 is 5.76. The lowest BCUT2D eigenvalue weighted by atomic mass is 10.2. The second kappa shape index (κ2) is 5.02. The molecule has 2 rings (SSSR count). The van der Waals surface area contributed by atoms with Crippen molar-refractivity contribution >= 4 is 27.3 Å². The number of nitrogens with one attached hydrogen (secondary N) is 1. The van der Waals surface area contributed by atoms with Gasteiger partial charge in [0.1, 0.15) is 16.7 Å². The van der Waals surface area contributed by atoms with Crippen LogP contribution in [-0.2, 0) is 17.1 Å². The molecule has 108 valence electrons. The van der Waals surface area contributed by atoms with Crippen molar-refractivity contribution in [3.05, 3.63) is 40.8 Å². The van der Waals surface area contributed by atoms with Crippen LogP contribution >= 0.6 is 11.6 Å². The smallest absolute Gasteiger partial charge is 0.282 e. The summed E-state index contributed by atoms with van der Waals surface area (Å²) in [5.41, 5.74) is -0.650. The summed E-state index contributed by atoms with van der Waals surface area (Å²) in [6.07, 6.45) is 1.18. The fourth-order valence-electron chi connectivity index (χ4n) is 1.51. The summed E-state index contributed by atoms with van der Waals surface area (Å²) in [6, 6.07) is 2.17. The molecule has 0 unspecified atom stereocenters. The Labute approximate surface area is 119 Å². The third-order valence-electron chi connectivity index (χ3n) is 2.61. The van der Waals surface area contributed by atoms with Gasteiger partial charge in [-0.3, -0.25) is 4.72 Å². The maximum atomic E-state index is 13.8. The molecule has 1 heterocycles. The number of imidazole rings is 1. The molecule has 0 atom stereocenters. The molecule has 1 aromatic heterocycles. The van der Waals surface area contributed by atoms with Crippen LogP contribution in [0.15, 0.2) is 23.5 Å². The average molecular weight is 322 g/mol. The lowest BCUT2D eigenvalue weighted by molar-refractivity contribution is 0.578. The van der Waals surface area contributed by atoms with Gasteiger partial charge in [0.05, 0.1) is 6.33 Å². The SMILES string of the molecule is Cc1ccc(F)c(NS(=O)(=O)c2ncn(C)c2Cl)c1F. The molecule has 0 bridgehead atoms. The van der Waals surface area contributed by atoms with Gasteiger partial charge in [-0.05, 0) is 18.6 Å². The number of nitrogens with zero attached hydrogens (tertiary/aromatic N) is 2. The van der Waals surface area contributed by atoms with Crippen LogP contribution in [0.5, 0.6) is 0 Å². The summed E-state index contributed by atoms with van der Waals surface area (Å²) in [5, 5.41) is -0.659. The Hall–Kier alpha value is -1.67. The van der Waals surface area contributed by atoms with Gasteiger partial charge >= 0.3 is 0 Å². The van der Waals surface area contributed by atoms with E-state index in [1.54, 1.807) is 0 Å². The maximum absolute atomic E-state index is 13.8. The van der Waals surface area contributed by atoms with Crippen molar-refractivity contribution in [2.75, 3.05) is 4.72 Å². The second-order valence-corrected chi connectivity index (χ2v) is 6.07. The van der Waals surface area contributed by atoms with E-state index < -0.39 is 32.4 Å². The van der Waals surface area contributed by atoms with Gasteiger partial charge in [-0.25, -0.2) is 13.8 Å². The fraction of sp³-hybridized carbons (Fsp3) is 0.182. The van der Waals surface area contributed by atoms with Crippen molar-refractivity contribution in [3.8, 4) is 0 Å². The molecule has 0 saturated heterocycles. The highest BCUT2D eigenvalue weighted by atomic mass is 35.5.